The van der Waals surface area contributed by atoms with Gasteiger partial charge < -0.3 is 5.32 Å². The van der Waals surface area contributed by atoms with E-state index in [2.05, 4.69) is 10.3 Å². The van der Waals surface area contributed by atoms with E-state index >= 15 is 0 Å². The third-order valence-electron chi connectivity index (χ3n) is 5.13. The molecule has 4 rings (SSSR count). The number of Topliss-reactive ketones (excluding diaryl/α,β-unsaturated/α-hetero) is 1. The van der Waals surface area contributed by atoms with Gasteiger partial charge in [0.15, 0.2) is 10.9 Å². The zero-order valence-electron chi connectivity index (χ0n) is 16.2. The number of anilines is 1. The summed E-state index contributed by atoms with van der Waals surface area (Å²) in [5, 5.41) is 3.07. The quantitative estimate of drug-likeness (QED) is 0.762. The smallest absolute Gasteiger partial charge is 0.262 e. The van der Waals surface area contributed by atoms with E-state index in [9.17, 15) is 19.2 Å². The number of thiazole rings is 1. The highest BCUT2D eigenvalue weighted by Crippen LogP contribution is 2.31. The minimum atomic E-state index is -0.945. The summed E-state index contributed by atoms with van der Waals surface area (Å²) in [6.45, 7) is 3.86. The Labute approximate surface area is 172 Å². The van der Waals surface area contributed by atoms with E-state index in [0.29, 0.717) is 46.1 Å². The number of ketones is 1. The van der Waals surface area contributed by atoms with Gasteiger partial charge in [0, 0.05) is 6.42 Å². The average Bonchev–Trinajstić information content (AvgIpc) is 3.20. The molecule has 29 heavy (non-hydrogen) atoms. The van der Waals surface area contributed by atoms with Crippen LogP contribution in [0.15, 0.2) is 24.3 Å². The van der Waals surface area contributed by atoms with Crippen molar-refractivity contribution in [2.75, 3.05) is 5.32 Å². The van der Waals surface area contributed by atoms with Crippen molar-refractivity contribution in [3.63, 3.8) is 0 Å². The van der Waals surface area contributed by atoms with Crippen molar-refractivity contribution >= 4 is 40.0 Å². The molecular weight excluding hydrogens is 390 g/mol. The van der Waals surface area contributed by atoms with Crippen molar-refractivity contribution < 1.29 is 19.2 Å². The van der Waals surface area contributed by atoms with Gasteiger partial charge in [-0.1, -0.05) is 37.3 Å². The molecule has 1 aromatic heterocycles. The molecule has 8 heteroatoms. The fraction of sp³-hybridized carbons (Fsp3) is 0.381. The summed E-state index contributed by atoms with van der Waals surface area (Å²) < 4.78 is 0. The van der Waals surface area contributed by atoms with E-state index in [4.69, 9.17) is 0 Å². The van der Waals surface area contributed by atoms with Gasteiger partial charge in [0.2, 0.25) is 5.91 Å². The van der Waals surface area contributed by atoms with Gasteiger partial charge in [0.1, 0.15) is 6.04 Å². The van der Waals surface area contributed by atoms with Crippen LogP contribution in [0.4, 0.5) is 5.13 Å². The third kappa shape index (κ3) is 3.48. The molecule has 1 aliphatic carbocycles. The molecule has 0 saturated heterocycles. The van der Waals surface area contributed by atoms with Crippen molar-refractivity contribution in [1.82, 2.24) is 9.88 Å². The first kappa shape index (κ1) is 19.4. The maximum Gasteiger partial charge on any atom is 0.262 e. The van der Waals surface area contributed by atoms with Crippen LogP contribution in [0.1, 0.15) is 69.2 Å². The summed E-state index contributed by atoms with van der Waals surface area (Å²) in [5.74, 6) is -1.25. The summed E-state index contributed by atoms with van der Waals surface area (Å²) >= 11 is 1.16. The molecule has 0 fully saturated rings. The fourth-order valence-electron chi connectivity index (χ4n) is 3.78. The number of nitrogens with one attached hydrogen (secondary N) is 1. The Hall–Kier alpha value is -2.87. The van der Waals surface area contributed by atoms with Crippen molar-refractivity contribution in [3.8, 4) is 0 Å². The van der Waals surface area contributed by atoms with Gasteiger partial charge in [0.25, 0.3) is 11.8 Å². The second kappa shape index (κ2) is 7.51. The van der Waals surface area contributed by atoms with E-state index < -0.39 is 23.8 Å². The van der Waals surface area contributed by atoms with Crippen LogP contribution in [0, 0.1) is 5.92 Å². The van der Waals surface area contributed by atoms with E-state index in [1.165, 1.54) is 0 Å². The number of fused-ring (bicyclic) bond motifs is 2. The first-order valence-electron chi connectivity index (χ1n) is 9.67. The Balaban J connectivity index is 1.61. The number of hydrogen-bond acceptors (Lipinski definition) is 6. The molecule has 0 bridgehead atoms. The summed E-state index contributed by atoms with van der Waals surface area (Å²) in [5.41, 5.74) is 1.34. The van der Waals surface area contributed by atoms with Gasteiger partial charge in [0.05, 0.1) is 21.7 Å². The molecule has 0 radical (unpaired) electrons. The predicted octanol–water partition coefficient (Wildman–Crippen LogP) is 3.31. The lowest BCUT2D eigenvalue weighted by Crippen LogP contribution is -2.47. The van der Waals surface area contributed by atoms with Gasteiger partial charge >= 0.3 is 0 Å². The average molecular weight is 411 g/mol. The molecule has 1 aliphatic heterocycles. The molecule has 1 atom stereocenters. The minimum Gasteiger partial charge on any atom is -0.300 e. The normalized spacial score (nSPS) is 16.8. The maximum absolute atomic E-state index is 13.1. The highest BCUT2D eigenvalue weighted by molar-refractivity contribution is 7.17. The van der Waals surface area contributed by atoms with Crippen LogP contribution in [-0.4, -0.2) is 39.4 Å². The van der Waals surface area contributed by atoms with E-state index in [1.807, 2.05) is 13.8 Å². The number of carbonyl (C=O) groups is 4. The number of imide groups is 1. The molecule has 150 valence electrons. The zero-order valence-corrected chi connectivity index (χ0v) is 17.0. The SMILES string of the molecule is CC(C)C[C@H](C(=O)Nc1nc2c(s1)C(=O)CCC2)N1C(=O)c2ccccc2C1=O. The monoisotopic (exact) mass is 411 g/mol. The highest BCUT2D eigenvalue weighted by Gasteiger charge is 2.43. The summed E-state index contributed by atoms with van der Waals surface area (Å²) in [6.07, 6.45) is 2.30. The molecule has 2 aromatic rings. The standard InChI is InChI=1S/C21H21N3O4S/c1-11(2)10-15(24-19(27)12-6-3-4-7-13(12)20(24)28)18(26)23-21-22-14-8-5-9-16(25)17(14)29-21/h3-4,6-7,11,15H,5,8-10H2,1-2H3,(H,22,23,26)/t15-/m1/s1. The number of aryl methyl sites for hydroxylation is 1. The second-order valence-corrected chi connectivity index (χ2v) is 8.73. The lowest BCUT2D eigenvalue weighted by atomic mass is 10.0. The number of nitrogens with zero attached hydrogens (tertiary/aromatic N) is 2. The second-order valence-electron chi connectivity index (χ2n) is 7.73. The van der Waals surface area contributed by atoms with Crippen molar-refractivity contribution in [3.05, 3.63) is 46.0 Å². The number of carbonyl (C=O) groups excluding carboxylic acids is 4. The van der Waals surface area contributed by atoms with Crippen LogP contribution >= 0.6 is 11.3 Å². The number of aromatic nitrogens is 1. The topological polar surface area (TPSA) is 96.4 Å². The Kier molecular flexibility index (Phi) is 5.04. The summed E-state index contributed by atoms with van der Waals surface area (Å²) in [6, 6.07) is 5.64. The van der Waals surface area contributed by atoms with Gasteiger partial charge in [-0.05, 0) is 37.3 Å². The summed E-state index contributed by atoms with van der Waals surface area (Å²) in [7, 11) is 0. The molecular formula is C21H21N3O4S. The Morgan fingerprint density at radius 2 is 1.79 bits per heavy atom. The number of hydrogen-bond donors (Lipinski definition) is 1. The highest BCUT2D eigenvalue weighted by atomic mass is 32.1. The molecule has 0 unspecified atom stereocenters. The van der Waals surface area contributed by atoms with Gasteiger partial charge in [-0.2, -0.15) is 0 Å². The summed E-state index contributed by atoms with van der Waals surface area (Å²) in [4.78, 5) is 56.9. The van der Waals surface area contributed by atoms with Crippen LogP contribution in [0.3, 0.4) is 0 Å². The van der Waals surface area contributed by atoms with Crippen LogP contribution in [0.2, 0.25) is 0 Å². The molecule has 7 nitrogen and oxygen atoms in total. The van der Waals surface area contributed by atoms with Crippen LogP contribution in [0.25, 0.3) is 0 Å². The molecule has 3 amide bonds. The Morgan fingerprint density at radius 3 is 2.38 bits per heavy atom. The fourth-order valence-corrected chi connectivity index (χ4v) is 4.76. The largest absolute Gasteiger partial charge is 0.300 e. The molecule has 2 heterocycles. The number of rotatable bonds is 5. The molecule has 0 spiro atoms. The Bertz CT molecular complexity index is 992. The number of benzene rings is 1. The van der Waals surface area contributed by atoms with Gasteiger partial charge in [-0.15, -0.1) is 0 Å². The molecule has 1 aromatic carbocycles. The lowest BCUT2D eigenvalue weighted by molar-refractivity contribution is -0.120. The molecule has 2 aliphatic rings. The first-order chi connectivity index (χ1) is 13.9. The molecule has 1 N–H and O–H groups in total. The van der Waals surface area contributed by atoms with Crippen LogP contribution in [0.5, 0.6) is 0 Å². The van der Waals surface area contributed by atoms with E-state index in [1.54, 1.807) is 24.3 Å². The van der Waals surface area contributed by atoms with Gasteiger partial charge in [-0.25, -0.2) is 4.98 Å². The van der Waals surface area contributed by atoms with Crippen LogP contribution in [-0.2, 0) is 11.2 Å². The zero-order chi connectivity index (χ0) is 20.7. The third-order valence-corrected chi connectivity index (χ3v) is 6.19. The van der Waals surface area contributed by atoms with E-state index in [0.717, 1.165) is 22.7 Å². The Morgan fingerprint density at radius 1 is 1.14 bits per heavy atom. The van der Waals surface area contributed by atoms with Crippen molar-refractivity contribution in [2.24, 2.45) is 5.92 Å². The minimum absolute atomic E-state index is 0.0447. The molecule has 0 saturated carbocycles. The van der Waals surface area contributed by atoms with Crippen LogP contribution < -0.4 is 5.32 Å². The van der Waals surface area contributed by atoms with Gasteiger partial charge in [-0.3, -0.25) is 24.1 Å². The lowest BCUT2D eigenvalue weighted by Gasteiger charge is -2.26. The number of amides is 3. The first-order valence-corrected chi connectivity index (χ1v) is 10.5. The van der Waals surface area contributed by atoms with E-state index in [-0.39, 0.29) is 11.7 Å². The van der Waals surface area contributed by atoms with Crippen molar-refractivity contribution in [2.45, 2.75) is 45.6 Å². The maximum atomic E-state index is 13.1. The predicted molar refractivity (Wildman–Crippen MR) is 108 cm³/mol. The van der Waals surface area contributed by atoms with Crippen molar-refractivity contribution in [1.29, 1.82) is 0 Å².